The molecule has 1 aromatic rings. The van der Waals surface area contributed by atoms with Crippen LogP contribution in [0.5, 0.6) is 0 Å². The molecule has 0 saturated carbocycles. The SMILES string of the molecule is CC1(C)NC(=O)N(CC(=O)N[C@H]2CCCCc3ccccc32)C1=O. The van der Waals surface area contributed by atoms with Crippen LogP contribution in [-0.4, -0.2) is 34.8 Å². The number of carbonyl (C=O) groups is 3. The molecule has 0 radical (unpaired) electrons. The van der Waals surface area contributed by atoms with Gasteiger partial charge in [-0.05, 0) is 44.2 Å². The van der Waals surface area contributed by atoms with Crippen molar-refractivity contribution < 1.29 is 14.4 Å². The number of amides is 4. The fourth-order valence-electron chi connectivity index (χ4n) is 3.42. The van der Waals surface area contributed by atoms with Crippen molar-refractivity contribution in [1.29, 1.82) is 0 Å². The predicted octanol–water partition coefficient (Wildman–Crippen LogP) is 1.90. The number of carbonyl (C=O) groups excluding carboxylic acids is 3. The number of hydrogen-bond donors (Lipinski definition) is 2. The second-order valence-corrected chi connectivity index (χ2v) is 7.01. The van der Waals surface area contributed by atoms with Gasteiger partial charge < -0.3 is 10.6 Å². The molecule has 0 aromatic heterocycles. The molecule has 0 bridgehead atoms. The molecule has 1 aliphatic heterocycles. The summed E-state index contributed by atoms with van der Waals surface area (Å²) in [6.45, 7) is 3.02. The monoisotopic (exact) mass is 329 g/mol. The lowest BCUT2D eigenvalue weighted by atomic mass is 9.99. The second kappa shape index (κ2) is 6.26. The minimum absolute atomic E-state index is 0.0648. The van der Waals surface area contributed by atoms with Crippen LogP contribution in [0.2, 0.25) is 0 Å². The smallest absolute Gasteiger partial charge is 0.325 e. The topological polar surface area (TPSA) is 78.5 Å². The Bertz CT molecular complexity index is 684. The molecule has 1 atom stereocenters. The van der Waals surface area contributed by atoms with Crippen LogP contribution in [0.3, 0.4) is 0 Å². The molecular weight excluding hydrogens is 306 g/mol. The lowest BCUT2D eigenvalue weighted by Crippen LogP contribution is -2.43. The summed E-state index contributed by atoms with van der Waals surface area (Å²) in [6, 6.07) is 7.55. The average molecular weight is 329 g/mol. The highest BCUT2D eigenvalue weighted by Gasteiger charge is 2.45. The van der Waals surface area contributed by atoms with E-state index < -0.39 is 11.6 Å². The van der Waals surface area contributed by atoms with Crippen LogP contribution in [0, 0.1) is 0 Å². The summed E-state index contributed by atoms with van der Waals surface area (Å²) in [7, 11) is 0. The third kappa shape index (κ3) is 3.13. The van der Waals surface area contributed by atoms with Crippen LogP contribution in [0.25, 0.3) is 0 Å². The molecular formula is C18H23N3O3. The zero-order valence-electron chi connectivity index (χ0n) is 14.1. The number of nitrogens with one attached hydrogen (secondary N) is 2. The second-order valence-electron chi connectivity index (χ2n) is 7.01. The van der Waals surface area contributed by atoms with Gasteiger partial charge in [0.1, 0.15) is 12.1 Å². The van der Waals surface area contributed by atoms with Gasteiger partial charge in [-0.3, -0.25) is 14.5 Å². The molecule has 1 aliphatic carbocycles. The molecule has 0 unspecified atom stereocenters. The maximum atomic E-state index is 12.4. The van der Waals surface area contributed by atoms with Gasteiger partial charge in [0.05, 0.1) is 6.04 Å². The number of urea groups is 1. The van der Waals surface area contributed by atoms with E-state index in [0.29, 0.717) is 0 Å². The summed E-state index contributed by atoms with van der Waals surface area (Å²) in [5, 5.41) is 5.58. The molecule has 1 aromatic carbocycles. The zero-order valence-corrected chi connectivity index (χ0v) is 14.1. The standard InChI is InChI=1S/C18H23N3O3/c1-18(2)16(23)21(17(24)20-18)11-15(22)19-14-10-6-4-8-12-7-3-5-9-13(12)14/h3,5,7,9,14H,4,6,8,10-11H2,1-2H3,(H,19,22)(H,20,24)/t14-/m0/s1. The fourth-order valence-corrected chi connectivity index (χ4v) is 3.42. The predicted molar refractivity (Wildman–Crippen MR) is 89.2 cm³/mol. The summed E-state index contributed by atoms with van der Waals surface area (Å²) >= 11 is 0. The lowest BCUT2D eigenvalue weighted by Gasteiger charge is -2.21. The molecule has 6 heteroatoms. The zero-order chi connectivity index (χ0) is 17.3. The van der Waals surface area contributed by atoms with E-state index in [2.05, 4.69) is 16.7 Å². The third-order valence-electron chi connectivity index (χ3n) is 4.70. The van der Waals surface area contributed by atoms with E-state index in [-0.39, 0.29) is 24.4 Å². The highest BCUT2D eigenvalue weighted by Crippen LogP contribution is 2.28. The van der Waals surface area contributed by atoms with Crippen molar-refractivity contribution in [2.24, 2.45) is 0 Å². The van der Waals surface area contributed by atoms with Gasteiger partial charge in [-0.2, -0.15) is 0 Å². The van der Waals surface area contributed by atoms with E-state index in [4.69, 9.17) is 0 Å². The Kier molecular flexibility index (Phi) is 4.30. The minimum Gasteiger partial charge on any atom is -0.348 e. The van der Waals surface area contributed by atoms with Crippen molar-refractivity contribution in [1.82, 2.24) is 15.5 Å². The summed E-state index contributed by atoms with van der Waals surface area (Å²) in [5.74, 6) is -0.679. The van der Waals surface area contributed by atoms with Gasteiger partial charge in [-0.25, -0.2) is 4.79 Å². The number of imide groups is 1. The number of fused-ring (bicyclic) bond motifs is 1. The molecule has 1 heterocycles. The molecule has 3 rings (SSSR count). The molecule has 0 spiro atoms. The van der Waals surface area contributed by atoms with Crippen molar-refractivity contribution in [3.8, 4) is 0 Å². The molecule has 2 N–H and O–H groups in total. The van der Waals surface area contributed by atoms with E-state index in [1.807, 2.05) is 18.2 Å². The van der Waals surface area contributed by atoms with Crippen molar-refractivity contribution in [2.75, 3.05) is 6.54 Å². The van der Waals surface area contributed by atoms with E-state index in [0.717, 1.165) is 36.1 Å². The maximum Gasteiger partial charge on any atom is 0.325 e. The Hall–Kier alpha value is -2.37. The van der Waals surface area contributed by atoms with Gasteiger partial charge in [-0.1, -0.05) is 30.7 Å². The van der Waals surface area contributed by atoms with Crippen LogP contribution in [0.1, 0.15) is 50.3 Å². The number of benzene rings is 1. The Morgan fingerprint density at radius 3 is 2.75 bits per heavy atom. The summed E-state index contributed by atoms with van der Waals surface area (Å²) in [4.78, 5) is 37.5. The van der Waals surface area contributed by atoms with Crippen LogP contribution in [-0.2, 0) is 16.0 Å². The van der Waals surface area contributed by atoms with Crippen LogP contribution >= 0.6 is 0 Å². The molecule has 128 valence electrons. The van der Waals surface area contributed by atoms with E-state index >= 15 is 0 Å². The van der Waals surface area contributed by atoms with Gasteiger partial charge in [0.2, 0.25) is 5.91 Å². The Labute approximate surface area is 141 Å². The summed E-state index contributed by atoms with van der Waals surface area (Å²) < 4.78 is 0. The van der Waals surface area contributed by atoms with E-state index in [1.54, 1.807) is 13.8 Å². The Morgan fingerprint density at radius 1 is 1.29 bits per heavy atom. The van der Waals surface area contributed by atoms with Gasteiger partial charge in [-0.15, -0.1) is 0 Å². The third-order valence-corrected chi connectivity index (χ3v) is 4.70. The number of hydrogen-bond acceptors (Lipinski definition) is 3. The highest BCUT2D eigenvalue weighted by molar-refractivity contribution is 6.08. The van der Waals surface area contributed by atoms with Crippen molar-refractivity contribution in [2.45, 2.75) is 51.1 Å². The first-order valence-corrected chi connectivity index (χ1v) is 8.40. The van der Waals surface area contributed by atoms with Gasteiger partial charge in [0.25, 0.3) is 5.91 Å². The normalized spacial score (nSPS) is 22.6. The first kappa shape index (κ1) is 16.5. The largest absolute Gasteiger partial charge is 0.348 e. The first-order chi connectivity index (χ1) is 11.4. The van der Waals surface area contributed by atoms with E-state index in [1.165, 1.54) is 5.56 Å². The minimum atomic E-state index is -0.952. The lowest BCUT2D eigenvalue weighted by molar-refractivity contribution is -0.134. The Balaban J connectivity index is 1.69. The summed E-state index contributed by atoms with van der Waals surface area (Å²) in [6.07, 6.45) is 4.03. The molecule has 4 amide bonds. The molecule has 24 heavy (non-hydrogen) atoms. The van der Waals surface area contributed by atoms with Crippen LogP contribution in [0.15, 0.2) is 24.3 Å². The van der Waals surface area contributed by atoms with Crippen LogP contribution < -0.4 is 10.6 Å². The van der Waals surface area contributed by atoms with Crippen molar-refractivity contribution in [3.05, 3.63) is 35.4 Å². The quantitative estimate of drug-likeness (QED) is 0.657. The van der Waals surface area contributed by atoms with Crippen LogP contribution in [0.4, 0.5) is 4.79 Å². The maximum absolute atomic E-state index is 12.4. The highest BCUT2D eigenvalue weighted by atomic mass is 16.2. The molecule has 1 fully saturated rings. The number of nitrogens with zero attached hydrogens (tertiary/aromatic N) is 1. The number of rotatable bonds is 3. The molecule has 1 saturated heterocycles. The number of aryl methyl sites for hydroxylation is 1. The molecule has 6 nitrogen and oxygen atoms in total. The average Bonchev–Trinajstić information content (AvgIpc) is 2.70. The Morgan fingerprint density at radius 2 is 2.04 bits per heavy atom. The van der Waals surface area contributed by atoms with Crippen molar-refractivity contribution >= 4 is 17.8 Å². The van der Waals surface area contributed by atoms with Gasteiger partial charge in [0, 0.05) is 0 Å². The molecule has 2 aliphatic rings. The van der Waals surface area contributed by atoms with Gasteiger partial charge >= 0.3 is 6.03 Å². The van der Waals surface area contributed by atoms with Gasteiger partial charge in [0.15, 0.2) is 0 Å². The first-order valence-electron chi connectivity index (χ1n) is 8.40. The summed E-state index contributed by atoms with van der Waals surface area (Å²) in [5.41, 5.74) is 1.45. The fraction of sp³-hybridized carbons (Fsp3) is 0.500. The van der Waals surface area contributed by atoms with Crippen molar-refractivity contribution in [3.63, 3.8) is 0 Å². The van der Waals surface area contributed by atoms with E-state index in [9.17, 15) is 14.4 Å².